The molecule has 1 aliphatic heterocycles. The Hall–Kier alpha value is -4.47. The van der Waals surface area contributed by atoms with E-state index in [0.29, 0.717) is 16.9 Å². The summed E-state index contributed by atoms with van der Waals surface area (Å²) in [4.78, 5) is 25.9. The second kappa shape index (κ2) is 11.3. The monoisotopic (exact) mass is 501 g/mol. The van der Waals surface area contributed by atoms with Crippen LogP contribution in [-0.4, -0.2) is 42.0 Å². The number of anilines is 2. The summed E-state index contributed by atoms with van der Waals surface area (Å²) in [5, 5.41) is 2.98. The van der Waals surface area contributed by atoms with Crippen LogP contribution in [-0.2, 0) is 6.54 Å². The van der Waals surface area contributed by atoms with Crippen molar-refractivity contribution in [2.75, 3.05) is 36.4 Å². The summed E-state index contributed by atoms with van der Waals surface area (Å²) in [6.07, 6.45) is 1.73. The summed E-state index contributed by atoms with van der Waals surface area (Å²) >= 11 is 0. The topological polar surface area (TPSA) is 52.8 Å². The lowest BCUT2D eigenvalue weighted by Crippen LogP contribution is -2.46. The number of carbonyl (C=O) groups is 1. The van der Waals surface area contributed by atoms with Gasteiger partial charge in [-0.1, -0.05) is 54.6 Å². The fraction of sp³-hybridized carbons (Fsp3) is 0.219. The molecule has 0 atom stereocenters. The molecular weight excluding hydrogens is 470 g/mol. The number of aromatic nitrogens is 1. The number of piperazine rings is 1. The molecule has 3 aromatic carbocycles. The molecule has 5 rings (SSSR count). The van der Waals surface area contributed by atoms with Gasteiger partial charge in [0, 0.05) is 38.3 Å². The van der Waals surface area contributed by atoms with E-state index in [1.165, 1.54) is 11.1 Å². The lowest BCUT2D eigenvalue weighted by atomic mass is 9.97. The Kier molecular flexibility index (Phi) is 7.48. The molecule has 1 saturated heterocycles. The number of pyridine rings is 1. The van der Waals surface area contributed by atoms with Gasteiger partial charge >= 0.3 is 0 Å². The molecule has 6 heteroatoms. The highest BCUT2D eigenvalue weighted by Gasteiger charge is 2.19. The fourth-order valence-corrected chi connectivity index (χ4v) is 4.80. The minimum atomic E-state index is -0.177. The van der Waals surface area contributed by atoms with Crippen LogP contribution in [0, 0.1) is 20.4 Å². The van der Waals surface area contributed by atoms with Gasteiger partial charge in [0.1, 0.15) is 5.82 Å². The standard InChI is InChI=1S/C32H31N5O/c1-23-6-4-5-7-27(23)22-36-16-18-37(19-17-36)31-15-14-29(21-34-31)35-32(38)26-9-8-24(2)30(20-26)25-10-12-28(33-3)13-11-25/h4-15,20-21H,16-19,22H2,1-2H3,(H,35,38). The summed E-state index contributed by atoms with van der Waals surface area (Å²) in [6, 6.07) is 25.6. The molecule has 4 aromatic rings. The number of amides is 1. The first-order chi connectivity index (χ1) is 18.5. The first kappa shape index (κ1) is 25.2. The molecular formula is C32H31N5O. The lowest BCUT2D eigenvalue weighted by molar-refractivity contribution is 0.102. The fourth-order valence-electron chi connectivity index (χ4n) is 4.80. The van der Waals surface area contributed by atoms with Crippen molar-refractivity contribution in [3.63, 3.8) is 0 Å². The zero-order chi connectivity index (χ0) is 26.5. The van der Waals surface area contributed by atoms with Crippen LogP contribution in [0.5, 0.6) is 0 Å². The molecule has 38 heavy (non-hydrogen) atoms. The zero-order valence-corrected chi connectivity index (χ0v) is 21.8. The molecule has 0 saturated carbocycles. The van der Waals surface area contributed by atoms with Crippen LogP contribution in [0.15, 0.2) is 85.1 Å². The first-order valence-electron chi connectivity index (χ1n) is 12.9. The summed E-state index contributed by atoms with van der Waals surface area (Å²) in [7, 11) is 0. The van der Waals surface area contributed by atoms with E-state index in [4.69, 9.17) is 6.57 Å². The quantitative estimate of drug-likeness (QED) is 0.307. The van der Waals surface area contributed by atoms with Crippen LogP contribution >= 0.6 is 0 Å². The maximum atomic E-state index is 13.0. The van der Waals surface area contributed by atoms with Gasteiger partial charge in [0.15, 0.2) is 5.69 Å². The van der Waals surface area contributed by atoms with E-state index in [-0.39, 0.29) is 5.91 Å². The van der Waals surface area contributed by atoms with Crippen molar-refractivity contribution >= 4 is 23.1 Å². The molecule has 0 spiro atoms. The lowest BCUT2D eigenvalue weighted by Gasteiger charge is -2.35. The molecule has 0 radical (unpaired) electrons. The highest BCUT2D eigenvalue weighted by molar-refractivity contribution is 6.05. The Balaban J connectivity index is 1.19. The summed E-state index contributed by atoms with van der Waals surface area (Å²) in [5.74, 6) is 0.752. The van der Waals surface area contributed by atoms with Crippen LogP contribution in [0.2, 0.25) is 0 Å². The number of nitrogens with zero attached hydrogens (tertiary/aromatic N) is 4. The molecule has 1 amide bonds. The van der Waals surface area contributed by atoms with Crippen molar-refractivity contribution in [3.8, 4) is 11.1 Å². The second-order valence-corrected chi connectivity index (χ2v) is 9.74. The number of nitrogens with one attached hydrogen (secondary N) is 1. The molecule has 1 aromatic heterocycles. The van der Waals surface area contributed by atoms with E-state index in [0.717, 1.165) is 55.2 Å². The van der Waals surface area contributed by atoms with Crippen molar-refractivity contribution in [1.29, 1.82) is 0 Å². The van der Waals surface area contributed by atoms with Gasteiger partial charge in [-0.25, -0.2) is 9.83 Å². The van der Waals surface area contributed by atoms with Crippen molar-refractivity contribution in [3.05, 3.63) is 119 Å². The maximum absolute atomic E-state index is 13.0. The van der Waals surface area contributed by atoms with E-state index in [1.807, 2.05) is 49.4 Å². The van der Waals surface area contributed by atoms with E-state index < -0.39 is 0 Å². The molecule has 190 valence electrons. The normalized spacial score (nSPS) is 13.7. The number of hydrogen-bond acceptors (Lipinski definition) is 4. The van der Waals surface area contributed by atoms with Crippen molar-refractivity contribution in [1.82, 2.24) is 9.88 Å². The van der Waals surface area contributed by atoms with Gasteiger partial charge in [-0.15, -0.1) is 0 Å². The summed E-state index contributed by atoms with van der Waals surface area (Å²) < 4.78 is 0. The van der Waals surface area contributed by atoms with E-state index >= 15 is 0 Å². The van der Waals surface area contributed by atoms with E-state index in [2.05, 4.69) is 56.1 Å². The molecule has 0 unspecified atom stereocenters. The van der Waals surface area contributed by atoms with Gasteiger partial charge in [0.2, 0.25) is 0 Å². The molecule has 1 aliphatic rings. The predicted octanol–water partition coefficient (Wildman–Crippen LogP) is 6.49. The van der Waals surface area contributed by atoms with E-state index in [9.17, 15) is 4.79 Å². The summed E-state index contributed by atoms with van der Waals surface area (Å²) in [5.41, 5.74) is 7.60. The molecule has 1 fully saturated rings. The largest absolute Gasteiger partial charge is 0.354 e. The summed E-state index contributed by atoms with van der Waals surface area (Å²) in [6.45, 7) is 16.1. The minimum absolute atomic E-state index is 0.177. The molecule has 2 heterocycles. The third-order valence-electron chi connectivity index (χ3n) is 7.16. The van der Waals surface area contributed by atoms with Gasteiger partial charge in [-0.2, -0.15) is 0 Å². The number of benzene rings is 3. The van der Waals surface area contributed by atoms with E-state index in [1.54, 1.807) is 18.3 Å². The minimum Gasteiger partial charge on any atom is -0.354 e. The van der Waals surface area contributed by atoms with Crippen LogP contribution < -0.4 is 10.2 Å². The number of rotatable bonds is 6. The Bertz CT molecular complexity index is 1460. The van der Waals surface area contributed by atoms with Crippen molar-refractivity contribution in [2.24, 2.45) is 0 Å². The van der Waals surface area contributed by atoms with Crippen LogP contribution in [0.25, 0.3) is 16.0 Å². The number of aryl methyl sites for hydroxylation is 2. The zero-order valence-electron chi connectivity index (χ0n) is 21.8. The Morgan fingerprint density at radius 1 is 0.921 bits per heavy atom. The third kappa shape index (κ3) is 5.74. The Labute approximate surface area is 224 Å². The van der Waals surface area contributed by atoms with Gasteiger partial charge in [-0.05, 0) is 65.9 Å². The molecule has 6 nitrogen and oxygen atoms in total. The Morgan fingerprint density at radius 2 is 1.68 bits per heavy atom. The molecule has 0 aliphatic carbocycles. The Morgan fingerprint density at radius 3 is 2.37 bits per heavy atom. The molecule has 0 bridgehead atoms. The van der Waals surface area contributed by atoms with Gasteiger partial charge < -0.3 is 10.2 Å². The van der Waals surface area contributed by atoms with Crippen molar-refractivity contribution < 1.29 is 4.79 Å². The van der Waals surface area contributed by atoms with Gasteiger partial charge in [0.05, 0.1) is 18.5 Å². The maximum Gasteiger partial charge on any atom is 0.255 e. The SMILES string of the molecule is [C-]#[N+]c1ccc(-c2cc(C(=O)Nc3ccc(N4CCN(Cc5ccccc5C)CC4)nc3)ccc2C)cc1. The second-order valence-electron chi connectivity index (χ2n) is 9.74. The van der Waals surface area contributed by atoms with Crippen LogP contribution in [0.3, 0.4) is 0 Å². The van der Waals surface area contributed by atoms with Crippen LogP contribution in [0.4, 0.5) is 17.2 Å². The highest BCUT2D eigenvalue weighted by Crippen LogP contribution is 2.27. The first-order valence-corrected chi connectivity index (χ1v) is 12.9. The van der Waals surface area contributed by atoms with Crippen molar-refractivity contribution in [2.45, 2.75) is 20.4 Å². The predicted molar refractivity (Wildman–Crippen MR) is 154 cm³/mol. The van der Waals surface area contributed by atoms with Crippen LogP contribution in [0.1, 0.15) is 27.0 Å². The van der Waals surface area contributed by atoms with Gasteiger partial charge in [-0.3, -0.25) is 9.69 Å². The average Bonchev–Trinajstić information content (AvgIpc) is 2.95. The smallest absolute Gasteiger partial charge is 0.255 e. The van der Waals surface area contributed by atoms with Gasteiger partial charge in [0.25, 0.3) is 5.91 Å². The third-order valence-corrected chi connectivity index (χ3v) is 7.16. The average molecular weight is 502 g/mol. The number of carbonyl (C=O) groups excluding carboxylic acids is 1. The molecule has 1 N–H and O–H groups in total. The highest BCUT2D eigenvalue weighted by atomic mass is 16.1. The number of hydrogen-bond donors (Lipinski definition) is 1.